The highest BCUT2D eigenvalue weighted by Gasteiger charge is 2.29. The third-order valence-electron chi connectivity index (χ3n) is 5.04. The van der Waals surface area contributed by atoms with Crippen molar-refractivity contribution in [3.63, 3.8) is 0 Å². The molecule has 0 spiro atoms. The number of hydrogen-bond acceptors (Lipinski definition) is 6. The van der Waals surface area contributed by atoms with Gasteiger partial charge in [0.2, 0.25) is 0 Å². The van der Waals surface area contributed by atoms with Crippen LogP contribution in [0.1, 0.15) is 48.3 Å². The van der Waals surface area contributed by atoms with Crippen LogP contribution in [-0.4, -0.2) is 45.9 Å². The number of fused-ring (bicyclic) bond motifs is 1. The summed E-state index contributed by atoms with van der Waals surface area (Å²) in [6.45, 7) is 3.48. The van der Waals surface area contributed by atoms with Crippen LogP contribution in [0.15, 0.2) is 36.7 Å². The van der Waals surface area contributed by atoms with Gasteiger partial charge < -0.3 is 20.4 Å². The zero-order valence-corrected chi connectivity index (χ0v) is 17.3. The number of amides is 1. The minimum Gasteiger partial charge on any atom is -0.388 e. The van der Waals surface area contributed by atoms with E-state index in [2.05, 4.69) is 25.6 Å². The normalized spacial score (nSPS) is 13.7. The van der Waals surface area contributed by atoms with Gasteiger partial charge >= 0.3 is 0 Å². The molecule has 1 saturated carbocycles. The molecule has 4 rings (SSSR count). The Bertz CT molecular complexity index is 1070. The number of rotatable bonds is 6. The molecule has 1 aliphatic rings. The molecule has 0 bridgehead atoms. The van der Waals surface area contributed by atoms with Crippen LogP contribution in [0, 0.1) is 11.3 Å². The average molecular weight is 406 g/mol. The van der Waals surface area contributed by atoms with Gasteiger partial charge in [0.05, 0.1) is 17.5 Å². The Labute approximate surface area is 175 Å². The van der Waals surface area contributed by atoms with E-state index >= 15 is 0 Å². The van der Waals surface area contributed by atoms with E-state index in [1.165, 1.54) is 19.8 Å². The van der Waals surface area contributed by atoms with Crippen LogP contribution in [0.3, 0.4) is 0 Å². The third kappa shape index (κ3) is 4.53. The second kappa shape index (κ2) is 9.30. The number of aromatic nitrogens is 3. The molecule has 30 heavy (non-hydrogen) atoms. The molecule has 2 heterocycles. The van der Waals surface area contributed by atoms with Crippen molar-refractivity contribution in [2.45, 2.75) is 32.7 Å². The van der Waals surface area contributed by atoms with Gasteiger partial charge in [0.25, 0.3) is 5.91 Å². The van der Waals surface area contributed by atoms with Crippen molar-refractivity contribution >= 4 is 34.8 Å². The number of aromatic amines is 1. The monoisotopic (exact) mass is 406 g/mol. The van der Waals surface area contributed by atoms with Gasteiger partial charge in [-0.2, -0.15) is 0 Å². The molecule has 2 aromatic heterocycles. The first kappa shape index (κ1) is 21.2. The number of carbonyl (C=O) groups is 2. The number of hydrogen-bond donors (Lipinski definition) is 4. The molecule has 1 aliphatic carbocycles. The Morgan fingerprint density at radius 1 is 1.30 bits per heavy atom. The van der Waals surface area contributed by atoms with Crippen molar-refractivity contribution in [2.75, 3.05) is 12.4 Å². The Balaban J connectivity index is 0.000000806. The van der Waals surface area contributed by atoms with E-state index in [0.717, 1.165) is 17.5 Å². The topological polar surface area (TPSA) is 124 Å². The summed E-state index contributed by atoms with van der Waals surface area (Å²) in [4.78, 5) is 33.4. The number of nitrogens with one attached hydrogen (secondary N) is 4. The van der Waals surface area contributed by atoms with E-state index < -0.39 is 0 Å². The predicted octanol–water partition coefficient (Wildman–Crippen LogP) is 3.15. The van der Waals surface area contributed by atoms with Gasteiger partial charge in [-0.1, -0.05) is 18.2 Å². The molecule has 0 aliphatic heterocycles. The van der Waals surface area contributed by atoms with Gasteiger partial charge in [-0.3, -0.25) is 10.2 Å². The van der Waals surface area contributed by atoms with E-state index in [9.17, 15) is 4.79 Å². The van der Waals surface area contributed by atoms with Crippen LogP contribution in [-0.2, 0) is 4.79 Å². The van der Waals surface area contributed by atoms with Crippen LogP contribution in [0.5, 0.6) is 0 Å². The summed E-state index contributed by atoms with van der Waals surface area (Å²) in [6.07, 6.45) is 6.28. The van der Waals surface area contributed by atoms with Gasteiger partial charge in [0.15, 0.2) is 5.65 Å². The second-order valence-corrected chi connectivity index (χ2v) is 7.16. The van der Waals surface area contributed by atoms with Crippen molar-refractivity contribution in [1.29, 1.82) is 5.41 Å². The van der Waals surface area contributed by atoms with Gasteiger partial charge in [-0.15, -0.1) is 0 Å². The highest BCUT2D eigenvalue weighted by atomic mass is 16.1. The average Bonchev–Trinajstić information content (AvgIpc) is 3.52. The highest BCUT2D eigenvalue weighted by Crippen LogP contribution is 2.32. The Kier molecular flexibility index (Phi) is 6.56. The summed E-state index contributed by atoms with van der Waals surface area (Å²) in [5.41, 5.74) is 3.74. The summed E-state index contributed by atoms with van der Waals surface area (Å²) in [6, 6.07) is 7.71. The SMILES string of the molecule is CC=O.CNc1ccccc1C(=N)c1cnc2[nH]cc(C(=O)N[C@@H](C)C3CC3)c2n1. The van der Waals surface area contributed by atoms with E-state index in [-0.39, 0.29) is 17.7 Å². The zero-order chi connectivity index (χ0) is 21.7. The minimum absolute atomic E-state index is 0.152. The Hall–Kier alpha value is -3.55. The van der Waals surface area contributed by atoms with E-state index in [1.54, 1.807) is 12.4 Å². The number of para-hydroxylation sites is 1. The molecule has 8 nitrogen and oxygen atoms in total. The lowest BCUT2D eigenvalue weighted by atomic mass is 10.1. The first-order chi connectivity index (χ1) is 14.5. The van der Waals surface area contributed by atoms with Crippen LogP contribution >= 0.6 is 0 Å². The lowest BCUT2D eigenvalue weighted by Gasteiger charge is -2.12. The lowest BCUT2D eigenvalue weighted by Crippen LogP contribution is -2.33. The molecule has 1 amide bonds. The molecular weight excluding hydrogens is 380 g/mol. The summed E-state index contributed by atoms with van der Waals surface area (Å²) >= 11 is 0. The molecule has 4 N–H and O–H groups in total. The first-order valence-corrected chi connectivity index (χ1v) is 9.91. The van der Waals surface area contributed by atoms with Gasteiger partial charge in [-0.25, -0.2) is 9.97 Å². The molecule has 8 heteroatoms. The van der Waals surface area contributed by atoms with Gasteiger partial charge in [0, 0.05) is 30.5 Å². The molecule has 0 saturated heterocycles. The molecule has 0 unspecified atom stereocenters. The maximum absolute atomic E-state index is 12.7. The number of aldehydes is 1. The maximum Gasteiger partial charge on any atom is 0.255 e. The standard InChI is InChI=1S/C20H22N6O.C2H4O/c1-11(12-7-8-12)25-20(27)14-9-23-19-18(14)26-16(10-24-19)17(21)13-5-3-4-6-15(13)22-2;1-2-3/h3-6,9-12,21-22H,7-8H2,1-2H3,(H,23,24)(H,25,27);2H,1H3/t11-;/m0./s1. The summed E-state index contributed by atoms with van der Waals surface area (Å²) in [5, 5.41) is 14.7. The number of nitrogens with zero attached hydrogens (tertiary/aromatic N) is 2. The van der Waals surface area contributed by atoms with Crippen LogP contribution in [0.25, 0.3) is 11.2 Å². The molecular formula is C22H26N6O2. The Morgan fingerprint density at radius 3 is 2.67 bits per heavy atom. The summed E-state index contributed by atoms with van der Waals surface area (Å²) in [7, 11) is 1.82. The van der Waals surface area contributed by atoms with Crippen LogP contribution in [0.2, 0.25) is 0 Å². The fourth-order valence-corrected chi connectivity index (χ4v) is 3.24. The number of benzene rings is 1. The fourth-order valence-electron chi connectivity index (χ4n) is 3.24. The van der Waals surface area contributed by atoms with E-state index in [1.807, 2.05) is 38.2 Å². The van der Waals surface area contributed by atoms with Gasteiger partial charge in [0.1, 0.15) is 17.5 Å². The first-order valence-electron chi connectivity index (χ1n) is 9.91. The maximum atomic E-state index is 12.7. The zero-order valence-electron chi connectivity index (χ0n) is 17.3. The van der Waals surface area contributed by atoms with Crippen LogP contribution < -0.4 is 10.6 Å². The van der Waals surface area contributed by atoms with Crippen molar-refractivity contribution in [2.24, 2.45) is 5.92 Å². The number of H-pyrrole nitrogens is 1. The fraction of sp³-hybridized carbons (Fsp3) is 0.318. The quantitative estimate of drug-likeness (QED) is 0.370. The second-order valence-electron chi connectivity index (χ2n) is 7.16. The van der Waals surface area contributed by atoms with Crippen LogP contribution in [0.4, 0.5) is 5.69 Å². The molecule has 1 aromatic carbocycles. The molecule has 1 fully saturated rings. The molecule has 156 valence electrons. The summed E-state index contributed by atoms with van der Waals surface area (Å²) in [5.74, 6) is 0.418. The van der Waals surface area contributed by atoms with E-state index in [0.29, 0.717) is 28.3 Å². The highest BCUT2D eigenvalue weighted by molar-refractivity contribution is 6.14. The molecule has 3 aromatic rings. The number of carbonyl (C=O) groups excluding carboxylic acids is 2. The molecule has 1 atom stereocenters. The van der Waals surface area contributed by atoms with Gasteiger partial charge in [-0.05, 0) is 38.7 Å². The smallest absolute Gasteiger partial charge is 0.255 e. The van der Waals surface area contributed by atoms with Crippen molar-refractivity contribution in [3.05, 3.63) is 53.5 Å². The minimum atomic E-state index is -0.158. The Morgan fingerprint density at radius 2 is 2.00 bits per heavy atom. The largest absolute Gasteiger partial charge is 0.388 e. The van der Waals surface area contributed by atoms with Crippen molar-refractivity contribution in [1.82, 2.24) is 20.3 Å². The van der Waals surface area contributed by atoms with Crippen molar-refractivity contribution in [3.8, 4) is 0 Å². The lowest BCUT2D eigenvalue weighted by molar-refractivity contribution is -0.106. The van der Waals surface area contributed by atoms with E-state index in [4.69, 9.17) is 10.2 Å². The summed E-state index contributed by atoms with van der Waals surface area (Å²) < 4.78 is 0. The predicted molar refractivity (Wildman–Crippen MR) is 117 cm³/mol. The van der Waals surface area contributed by atoms with Crippen molar-refractivity contribution < 1.29 is 9.59 Å². The molecule has 0 radical (unpaired) electrons. The number of anilines is 1. The third-order valence-corrected chi connectivity index (χ3v) is 5.04.